The molecule has 3 aromatic heterocycles. The zero-order chi connectivity index (χ0) is 39.4. The molecular weight excluding hydrogens is 607 g/mol. The van der Waals surface area contributed by atoms with E-state index in [9.17, 15) is 1.37 Å². The van der Waals surface area contributed by atoms with Crippen molar-refractivity contribution in [3.05, 3.63) is 151 Å². The maximum Gasteiger partial charge on any atom is 0.167 e. The highest BCUT2D eigenvalue weighted by Crippen LogP contribution is 2.45. The zero-order valence-corrected chi connectivity index (χ0v) is 25.7. The SMILES string of the molecule is [2H]c1c([2H])c([2H])c2c(oc3c4c([2H])c([2H])c([2H])c([2H])c4c([2H])c([2H])c32)c1-c1nc(-c2ccccc2)nc(-c2ccc(-c3ccccc3)c3sc4ccccc4c23)n1. The normalized spacial score (nSPS) is 14.4. The van der Waals surface area contributed by atoms with Gasteiger partial charge in [-0.05, 0) is 40.7 Å². The smallest absolute Gasteiger partial charge is 0.167 e. The summed E-state index contributed by atoms with van der Waals surface area (Å²) < 4.78 is 87.6. The van der Waals surface area contributed by atoms with Crippen molar-refractivity contribution in [1.82, 2.24) is 15.0 Å². The Morgan fingerprint density at radius 1 is 0.479 bits per heavy atom. The molecule has 224 valence electrons. The van der Waals surface area contributed by atoms with Crippen molar-refractivity contribution in [3.63, 3.8) is 0 Å². The molecule has 48 heavy (non-hydrogen) atoms. The molecule has 5 heteroatoms. The van der Waals surface area contributed by atoms with Crippen molar-refractivity contribution in [2.24, 2.45) is 0 Å². The summed E-state index contributed by atoms with van der Waals surface area (Å²) in [6.45, 7) is 0. The molecule has 0 fully saturated rings. The van der Waals surface area contributed by atoms with E-state index < -0.39 is 54.4 Å². The molecule has 0 saturated carbocycles. The van der Waals surface area contributed by atoms with E-state index in [1.807, 2.05) is 72.8 Å². The van der Waals surface area contributed by atoms with Crippen LogP contribution < -0.4 is 0 Å². The fourth-order valence-corrected chi connectivity index (χ4v) is 7.54. The van der Waals surface area contributed by atoms with E-state index in [1.54, 1.807) is 11.3 Å². The molecule has 10 aromatic rings. The summed E-state index contributed by atoms with van der Waals surface area (Å²) in [5.41, 5.74) is 3.11. The van der Waals surface area contributed by atoms with Crippen molar-refractivity contribution in [2.45, 2.75) is 0 Å². The lowest BCUT2D eigenvalue weighted by Crippen LogP contribution is -2.00. The van der Waals surface area contributed by atoms with Crippen molar-refractivity contribution in [1.29, 1.82) is 0 Å². The van der Waals surface area contributed by atoms with Gasteiger partial charge in [-0.2, -0.15) is 0 Å². The lowest BCUT2D eigenvalue weighted by molar-refractivity contribution is 0.673. The molecule has 7 aromatic carbocycles. The predicted octanol–water partition coefficient (Wildman–Crippen LogP) is 12.0. The lowest BCUT2D eigenvalue weighted by atomic mass is 9.98. The molecule has 0 saturated heterocycles. The lowest BCUT2D eigenvalue weighted by Gasteiger charge is -2.11. The number of fused-ring (bicyclic) bond motifs is 8. The van der Waals surface area contributed by atoms with Crippen LogP contribution >= 0.6 is 11.3 Å². The number of hydrogen-bond acceptors (Lipinski definition) is 5. The molecule has 0 unspecified atom stereocenters. The van der Waals surface area contributed by atoms with Gasteiger partial charge in [-0.3, -0.25) is 0 Å². The van der Waals surface area contributed by atoms with Crippen LogP contribution in [0, 0.1) is 0 Å². The Bertz CT molecular complexity index is 3350. The second-order valence-corrected chi connectivity index (χ2v) is 12.3. The largest absolute Gasteiger partial charge is 0.455 e. The van der Waals surface area contributed by atoms with Gasteiger partial charge in [0, 0.05) is 47.5 Å². The molecule has 3 heterocycles. The number of nitrogens with zero attached hydrogens (tertiary/aromatic N) is 3. The van der Waals surface area contributed by atoms with Gasteiger partial charge < -0.3 is 4.42 Å². The van der Waals surface area contributed by atoms with Crippen molar-refractivity contribution in [3.8, 4) is 45.3 Å². The highest BCUT2D eigenvalue weighted by Gasteiger charge is 2.21. The quantitative estimate of drug-likeness (QED) is 0.192. The van der Waals surface area contributed by atoms with E-state index in [0.717, 1.165) is 31.3 Å². The van der Waals surface area contributed by atoms with Gasteiger partial charge in [-0.1, -0.05) is 127 Å². The second kappa shape index (κ2) is 10.7. The highest BCUT2D eigenvalue weighted by molar-refractivity contribution is 7.26. The third-order valence-corrected chi connectivity index (χ3v) is 9.68. The summed E-state index contributed by atoms with van der Waals surface area (Å²) in [5.74, 6) is 0.520. The summed E-state index contributed by atoms with van der Waals surface area (Å²) in [4.78, 5) is 14.9. The Kier molecular flexibility index (Phi) is 4.34. The minimum Gasteiger partial charge on any atom is -0.455 e. The first-order valence-corrected chi connectivity index (χ1v) is 16.0. The average molecular weight is 641 g/mol. The third-order valence-electron chi connectivity index (χ3n) is 8.48. The summed E-state index contributed by atoms with van der Waals surface area (Å²) in [7, 11) is 0. The minimum absolute atomic E-state index is 0.0370. The molecule has 0 radical (unpaired) electrons. The molecule has 4 nitrogen and oxygen atoms in total. The van der Waals surface area contributed by atoms with Gasteiger partial charge in [0.05, 0.1) is 17.9 Å². The number of para-hydroxylation sites is 1. The standard InChI is InChI=1S/C43H25N3OS/c1-3-12-26(13-4-1)30-24-25-34(37-33-18-9-10-21-36(33)48-40(30)37)42-44-41(28-15-5-2-6-16-28)45-43(46-42)35-20-11-19-31-32-23-22-27-14-7-8-17-29(27)38(32)47-39(31)35/h1-25H/i7D,8D,11D,14D,17D,19D,20D,22D,23D. The highest BCUT2D eigenvalue weighted by atomic mass is 32.1. The maximum absolute atomic E-state index is 9.24. The Labute approximate surface area is 292 Å². The molecule has 0 amide bonds. The van der Waals surface area contributed by atoms with Gasteiger partial charge in [0.1, 0.15) is 11.2 Å². The molecule has 0 aliphatic carbocycles. The summed E-state index contributed by atoms with van der Waals surface area (Å²) in [6, 6.07) is 27.1. The van der Waals surface area contributed by atoms with Crippen LogP contribution in [-0.2, 0) is 0 Å². The minimum atomic E-state index is -0.560. The number of furan rings is 1. The van der Waals surface area contributed by atoms with Crippen LogP contribution in [0.15, 0.2) is 156 Å². The van der Waals surface area contributed by atoms with E-state index in [-0.39, 0.29) is 55.7 Å². The van der Waals surface area contributed by atoms with Crippen LogP contribution in [0.2, 0.25) is 0 Å². The van der Waals surface area contributed by atoms with Gasteiger partial charge in [0.25, 0.3) is 0 Å². The molecule has 0 bridgehead atoms. The number of thiophene rings is 1. The molecule has 0 atom stereocenters. The van der Waals surface area contributed by atoms with Gasteiger partial charge in [0.15, 0.2) is 17.5 Å². The maximum atomic E-state index is 9.24. The summed E-state index contributed by atoms with van der Waals surface area (Å²) in [6.07, 6.45) is 0. The third kappa shape index (κ3) is 4.18. The first-order valence-electron chi connectivity index (χ1n) is 19.7. The fraction of sp³-hybridized carbons (Fsp3) is 0. The Hall–Kier alpha value is -6.17. The van der Waals surface area contributed by atoms with Gasteiger partial charge in [0.2, 0.25) is 0 Å². The zero-order valence-electron chi connectivity index (χ0n) is 33.9. The van der Waals surface area contributed by atoms with Crippen LogP contribution in [0.25, 0.3) is 98.2 Å². The average Bonchev–Trinajstić information content (AvgIpc) is 3.83. The molecule has 10 rings (SSSR count). The molecule has 0 N–H and O–H groups in total. The van der Waals surface area contributed by atoms with Crippen molar-refractivity contribution >= 4 is 64.2 Å². The first kappa shape index (κ1) is 19.5. The first-order chi connectivity index (χ1) is 27.5. The van der Waals surface area contributed by atoms with Gasteiger partial charge in [-0.25, -0.2) is 15.0 Å². The number of hydrogen-bond donors (Lipinski definition) is 0. The van der Waals surface area contributed by atoms with Crippen molar-refractivity contribution in [2.75, 3.05) is 0 Å². The van der Waals surface area contributed by atoms with Crippen molar-refractivity contribution < 1.29 is 16.8 Å². The van der Waals surface area contributed by atoms with Crippen LogP contribution in [0.1, 0.15) is 12.3 Å². The van der Waals surface area contributed by atoms with Crippen LogP contribution in [-0.4, -0.2) is 15.0 Å². The second-order valence-electron chi connectivity index (χ2n) is 11.3. The van der Waals surface area contributed by atoms with Crippen LogP contribution in [0.5, 0.6) is 0 Å². The molecule has 0 aliphatic heterocycles. The van der Waals surface area contributed by atoms with E-state index in [1.165, 1.54) is 0 Å². The Balaban J connectivity index is 1.34. The number of rotatable bonds is 4. The monoisotopic (exact) mass is 640 g/mol. The molecule has 0 aliphatic rings. The van der Waals surface area contributed by atoms with E-state index in [4.69, 9.17) is 30.3 Å². The van der Waals surface area contributed by atoms with Gasteiger partial charge >= 0.3 is 0 Å². The Morgan fingerprint density at radius 2 is 1.15 bits per heavy atom. The summed E-state index contributed by atoms with van der Waals surface area (Å²) in [5, 5.41) is 1.46. The molecule has 0 spiro atoms. The van der Waals surface area contributed by atoms with Crippen LogP contribution in [0.4, 0.5) is 0 Å². The summed E-state index contributed by atoms with van der Waals surface area (Å²) >= 11 is 1.66. The van der Waals surface area contributed by atoms with Gasteiger partial charge in [-0.15, -0.1) is 11.3 Å². The fourth-order valence-electron chi connectivity index (χ4n) is 6.28. The Morgan fingerprint density at radius 3 is 2.00 bits per heavy atom. The van der Waals surface area contributed by atoms with E-state index in [2.05, 4.69) is 24.3 Å². The number of aromatic nitrogens is 3. The van der Waals surface area contributed by atoms with E-state index >= 15 is 0 Å². The van der Waals surface area contributed by atoms with Crippen LogP contribution in [0.3, 0.4) is 0 Å². The number of benzene rings is 7. The molecular formula is C43H25N3OS. The topological polar surface area (TPSA) is 51.8 Å². The van der Waals surface area contributed by atoms with E-state index in [0.29, 0.717) is 11.1 Å². The predicted molar refractivity (Wildman–Crippen MR) is 199 cm³/mol.